The van der Waals surface area contributed by atoms with E-state index in [1.807, 2.05) is 36.2 Å². The molecule has 19 heavy (non-hydrogen) atoms. The lowest BCUT2D eigenvalue weighted by molar-refractivity contribution is 0.0497. The molecule has 1 fully saturated rings. The summed E-state index contributed by atoms with van der Waals surface area (Å²) < 4.78 is 5.35. The van der Waals surface area contributed by atoms with Crippen LogP contribution in [0.3, 0.4) is 0 Å². The van der Waals surface area contributed by atoms with E-state index in [-0.39, 0.29) is 5.91 Å². The van der Waals surface area contributed by atoms with E-state index in [4.69, 9.17) is 4.74 Å². The van der Waals surface area contributed by atoms with Crippen LogP contribution >= 0.6 is 0 Å². The summed E-state index contributed by atoms with van der Waals surface area (Å²) in [5.74, 6) is 0.701. The van der Waals surface area contributed by atoms with E-state index >= 15 is 0 Å². The van der Waals surface area contributed by atoms with Crippen LogP contribution in [-0.4, -0.2) is 37.6 Å². The van der Waals surface area contributed by atoms with Crippen molar-refractivity contribution in [3.8, 4) is 0 Å². The minimum Gasteiger partial charge on any atom is -0.381 e. The molecular formula is C16H23NO2. The third-order valence-corrected chi connectivity index (χ3v) is 3.83. The van der Waals surface area contributed by atoms with Crippen LogP contribution in [0, 0.1) is 5.92 Å². The minimum atomic E-state index is 0.120. The molecule has 1 aliphatic rings. The quantitative estimate of drug-likeness (QED) is 0.834. The molecular weight excluding hydrogens is 238 g/mol. The Morgan fingerprint density at radius 2 is 1.89 bits per heavy atom. The zero-order chi connectivity index (χ0) is 13.7. The highest BCUT2D eigenvalue weighted by atomic mass is 16.5. The normalized spacial score (nSPS) is 16.3. The van der Waals surface area contributed by atoms with Gasteiger partial charge in [0.05, 0.1) is 0 Å². The smallest absolute Gasteiger partial charge is 0.253 e. The van der Waals surface area contributed by atoms with Crippen molar-refractivity contribution in [3.63, 3.8) is 0 Å². The van der Waals surface area contributed by atoms with Gasteiger partial charge >= 0.3 is 0 Å². The van der Waals surface area contributed by atoms with E-state index in [2.05, 4.69) is 6.92 Å². The standard InChI is InChI=1S/C16H23NO2/c1-3-13-4-6-15(7-5-13)16(18)17(2)12-14-8-10-19-11-9-14/h4-7,14H,3,8-12H2,1-2H3. The molecule has 0 N–H and O–H groups in total. The Bertz CT molecular complexity index is 407. The van der Waals surface area contributed by atoms with E-state index in [0.29, 0.717) is 5.92 Å². The van der Waals surface area contributed by atoms with Gasteiger partial charge in [0.2, 0.25) is 0 Å². The van der Waals surface area contributed by atoms with Crippen LogP contribution in [-0.2, 0) is 11.2 Å². The molecule has 1 heterocycles. The first kappa shape index (κ1) is 14.1. The predicted molar refractivity (Wildman–Crippen MR) is 76.3 cm³/mol. The Labute approximate surface area is 115 Å². The molecule has 1 aromatic rings. The van der Waals surface area contributed by atoms with Gasteiger partial charge in [0, 0.05) is 32.4 Å². The first-order chi connectivity index (χ1) is 9.20. The number of amides is 1. The zero-order valence-electron chi connectivity index (χ0n) is 11.9. The molecule has 104 valence electrons. The average molecular weight is 261 g/mol. The summed E-state index contributed by atoms with van der Waals surface area (Å²) in [6.45, 7) is 4.61. The predicted octanol–water partition coefficient (Wildman–Crippen LogP) is 2.75. The second kappa shape index (κ2) is 6.71. The van der Waals surface area contributed by atoms with Crippen molar-refractivity contribution in [1.29, 1.82) is 0 Å². The average Bonchev–Trinajstić information content (AvgIpc) is 2.47. The first-order valence-corrected chi connectivity index (χ1v) is 7.13. The van der Waals surface area contributed by atoms with Crippen molar-refractivity contribution in [2.75, 3.05) is 26.8 Å². The summed E-state index contributed by atoms with van der Waals surface area (Å²) in [7, 11) is 1.89. The van der Waals surface area contributed by atoms with E-state index in [0.717, 1.165) is 44.6 Å². The Morgan fingerprint density at radius 3 is 2.47 bits per heavy atom. The summed E-state index contributed by atoms with van der Waals surface area (Å²) in [5, 5.41) is 0. The molecule has 0 radical (unpaired) electrons. The lowest BCUT2D eigenvalue weighted by Gasteiger charge is -2.27. The Morgan fingerprint density at radius 1 is 1.26 bits per heavy atom. The van der Waals surface area contributed by atoms with Crippen molar-refractivity contribution in [2.45, 2.75) is 26.2 Å². The maximum atomic E-state index is 12.3. The van der Waals surface area contributed by atoms with Gasteiger partial charge in [-0.15, -0.1) is 0 Å². The Hall–Kier alpha value is -1.35. The van der Waals surface area contributed by atoms with Crippen molar-refractivity contribution in [3.05, 3.63) is 35.4 Å². The number of nitrogens with zero attached hydrogens (tertiary/aromatic N) is 1. The van der Waals surface area contributed by atoms with Gasteiger partial charge in [0.15, 0.2) is 0 Å². The third kappa shape index (κ3) is 3.80. The van der Waals surface area contributed by atoms with E-state index in [1.165, 1.54) is 5.56 Å². The molecule has 3 nitrogen and oxygen atoms in total. The number of hydrogen-bond donors (Lipinski definition) is 0. The molecule has 1 saturated heterocycles. The highest BCUT2D eigenvalue weighted by molar-refractivity contribution is 5.94. The maximum absolute atomic E-state index is 12.3. The molecule has 0 aliphatic carbocycles. The molecule has 1 aromatic carbocycles. The molecule has 1 amide bonds. The Kier molecular flexibility index (Phi) is 4.97. The summed E-state index contributed by atoms with van der Waals surface area (Å²) >= 11 is 0. The van der Waals surface area contributed by atoms with Gasteiger partial charge in [-0.3, -0.25) is 4.79 Å². The van der Waals surface area contributed by atoms with Crippen LogP contribution < -0.4 is 0 Å². The molecule has 0 spiro atoms. The number of benzene rings is 1. The number of carbonyl (C=O) groups is 1. The van der Waals surface area contributed by atoms with Crippen LogP contribution in [0.15, 0.2) is 24.3 Å². The van der Waals surface area contributed by atoms with E-state index in [1.54, 1.807) is 0 Å². The first-order valence-electron chi connectivity index (χ1n) is 7.13. The summed E-state index contributed by atoms with van der Waals surface area (Å²) in [4.78, 5) is 14.2. The lowest BCUT2D eigenvalue weighted by Crippen LogP contribution is -2.34. The monoisotopic (exact) mass is 261 g/mol. The minimum absolute atomic E-state index is 0.120. The number of hydrogen-bond acceptors (Lipinski definition) is 2. The van der Waals surface area contributed by atoms with Crippen molar-refractivity contribution in [1.82, 2.24) is 4.90 Å². The zero-order valence-corrected chi connectivity index (χ0v) is 11.9. The van der Waals surface area contributed by atoms with Gasteiger partial charge in [-0.2, -0.15) is 0 Å². The van der Waals surface area contributed by atoms with Crippen molar-refractivity contribution in [2.24, 2.45) is 5.92 Å². The van der Waals surface area contributed by atoms with E-state index < -0.39 is 0 Å². The SMILES string of the molecule is CCc1ccc(C(=O)N(C)CC2CCOCC2)cc1. The molecule has 0 aromatic heterocycles. The van der Waals surface area contributed by atoms with Crippen LogP contribution in [0.2, 0.25) is 0 Å². The van der Waals surface area contributed by atoms with Crippen molar-refractivity contribution >= 4 is 5.91 Å². The summed E-state index contributed by atoms with van der Waals surface area (Å²) in [5.41, 5.74) is 2.05. The van der Waals surface area contributed by atoms with Gasteiger partial charge in [0.1, 0.15) is 0 Å². The van der Waals surface area contributed by atoms with Gasteiger partial charge in [-0.1, -0.05) is 19.1 Å². The van der Waals surface area contributed by atoms with E-state index in [9.17, 15) is 4.79 Å². The van der Waals surface area contributed by atoms with Gasteiger partial charge in [-0.05, 0) is 42.9 Å². The molecule has 3 heteroatoms. The van der Waals surface area contributed by atoms with Crippen LogP contribution in [0.4, 0.5) is 0 Å². The topological polar surface area (TPSA) is 29.5 Å². The highest BCUT2D eigenvalue weighted by Crippen LogP contribution is 2.17. The molecule has 2 rings (SSSR count). The maximum Gasteiger partial charge on any atom is 0.253 e. The fraction of sp³-hybridized carbons (Fsp3) is 0.562. The third-order valence-electron chi connectivity index (χ3n) is 3.83. The highest BCUT2D eigenvalue weighted by Gasteiger charge is 2.19. The lowest BCUT2D eigenvalue weighted by atomic mass is 9.99. The second-order valence-corrected chi connectivity index (χ2v) is 5.29. The number of ether oxygens (including phenoxy) is 1. The number of rotatable bonds is 4. The van der Waals surface area contributed by atoms with Gasteiger partial charge in [0.25, 0.3) is 5.91 Å². The van der Waals surface area contributed by atoms with Crippen LogP contribution in [0.25, 0.3) is 0 Å². The number of carbonyl (C=O) groups excluding carboxylic acids is 1. The fourth-order valence-electron chi connectivity index (χ4n) is 2.50. The van der Waals surface area contributed by atoms with Crippen LogP contribution in [0.1, 0.15) is 35.7 Å². The van der Waals surface area contributed by atoms with Gasteiger partial charge in [-0.25, -0.2) is 0 Å². The largest absolute Gasteiger partial charge is 0.381 e. The Balaban J connectivity index is 1.93. The van der Waals surface area contributed by atoms with Gasteiger partial charge < -0.3 is 9.64 Å². The van der Waals surface area contributed by atoms with Crippen molar-refractivity contribution < 1.29 is 9.53 Å². The van der Waals surface area contributed by atoms with Crippen LogP contribution in [0.5, 0.6) is 0 Å². The molecule has 0 atom stereocenters. The summed E-state index contributed by atoms with van der Waals surface area (Å²) in [6, 6.07) is 7.94. The second-order valence-electron chi connectivity index (χ2n) is 5.29. The molecule has 0 bridgehead atoms. The molecule has 1 aliphatic heterocycles. The fourth-order valence-corrected chi connectivity index (χ4v) is 2.50. The number of aryl methyl sites for hydroxylation is 1. The molecule has 0 unspecified atom stereocenters. The molecule has 0 saturated carbocycles. The summed E-state index contributed by atoms with van der Waals surface area (Å²) in [6.07, 6.45) is 3.13.